The van der Waals surface area contributed by atoms with Crippen molar-refractivity contribution in [1.82, 2.24) is 9.97 Å². The number of sulfonamides is 1. The summed E-state index contributed by atoms with van der Waals surface area (Å²) in [5, 5.41) is 20.4. The minimum atomic E-state index is -4.30. The van der Waals surface area contributed by atoms with Crippen LogP contribution in [0.25, 0.3) is 0 Å². The lowest BCUT2D eigenvalue weighted by atomic mass is 10.2. The molecule has 0 aliphatic carbocycles. The molecule has 0 aliphatic rings. The summed E-state index contributed by atoms with van der Waals surface area (Å²) in [6.45, 7) is 3.41. The van der Waals surface area contributed by atoms with Gasteiger partial charge in [-0.1, -0.05) is 0 Å². The third-order valence-electron chi connectivity index (χ3n) is 3.60. The van der Waals surface area contributed by atoms with Gasteiger partial charge >= 0.3 is 0 Å². The van der Waals surface area contributed by atoms with Crippen molar-refractivity contribution in [3.63, 3.8) is 0 Å². The average Bonchev–Trinajstić information content (AvgIpc) is 2.55. The second kappa shape index (κ2) is 8.33. The molecule has 2 atom stereocenters. The molecule has 5 N–H and O–H groups in total. The van der Waals surface area contributed by atoms with Gasteiger partial charge in [0.2, 0.25) is 16.0 Å². The molecule has 0 saturated heterocycles. The highest BCUT2D eigenvalue weighted by molar-refractivity contribution is 9.10. The van der Waals surface area contributed by atoms with Crippen LogP contribution in [-0.2, 0) is 10.0 Å². The summed E-state index contributed by atoms with van der Waals surface area (Å²) in [5.41, 5.74) is 0.161. The second-order valence-corrected chi connectivity index (χ2v) is 8.08. The highest BCUT2D eigenvalue weighted by atomic mass is 79.9. The molecule has 0 fully saturated rings. The number of ether oxygens (including phenoxy) is 1. The van der Waals surface area contributed by atoms with Crippen molar-refractivity contribution in [2.24, 2.45) is 5.14 Å². The molecule has 1 heterocycles. The zero-order valence-corrected chi connectivity index (χ0v) is 17.1. The van der Waals surface area contributed by atoms with Crippen LogP contribution in [0.3, 0.4) is 0 Å². The van der Waals surface area contributed by atoms with Crippen LogP contribution >= 0.6 is 15.9 Å². The predicted molar refractivity (Wildman–Crippen MR) is 102 cm³/mol. The van der Waals surface area contributed by atoms with Gasteiger partial charge in [0.15, 0.2) is 4.90 Å². The van der Waals surface area contributed by atoms with E-state index in [2.05, 4.69) is 36.5 Å². The number of nitrogens with one attached hydrogen (secondary N) is 2. The number of hydrogen-bond acceptors (Lipinski definition) is 8. The lowest BCUT2D eigenvalue weighted by Crippen LogP contribution is -2.28. The second-order valence-electron chi connectivity index (χ2n) is 5.72. The van der Waals surface area contributed by atoms with Crippen LogP contribution in [0.1, 0.15) is 13.8 Å². The first kappa shape index (κ1) is 21.3. The molecule has 1 aromatic carbocycles. The van der Waals surface area contributed by atoms with E-state index in [1.807, 2.05) is 0 Å². The SMILES string of the molecule is COc1cc(Nc2ncc(Br)c(N[C@H](C)[C@@H](C)O)n2)cc(F)c1S(N)(=O)=O. The Morgan fingerprint density at radius 2 is 2.04 bits per heavy atom. The number of aliphatic hydroxyl groups excluding tert-OH is 1. The summed E-state index contributed by atoms with van der Waals surface area (Å²) in [5.74, 6) is -0.798. The number of benzene rings is 1. The van der Waals surface area contributed by atoms with Crippen LogP contribution < -0.4 is 20.5 Å². The van der Waals surface area contributed by atoms with Gasteiger partial charge in [-0.3, -0.25) is 0 Å². The highest BCUT2D eigenvalue weighted by Crippen LogP contribution is 2.31. The minimum Gasteiger partial charge on any atom is -0.495 e. The summed E-state index contributed by atoms with van der Waals surface area (Å²) >= 11 is 3.30. The quantitative estimate of drug-likeness (QED) is 0.488. The van der Waals surface area contributed by atoms with Crippen LogP contribution in [-0.4, -0.2) is 42.7 Å². The molecule has 9 nitrogen and oxygen atoms in total. The first-order chi connectivity index (χ1) is 12.5. The maximum absolute atomic E-state index is 14.2. The number of aliphatic hydroxyl groups is 1. The number of halogens is 2. The van der Waals surface area contributed by atoms with Crippen LogP contribution in [0, 0.1) is 5.82 Å². The molecule has 0 spiro atoms. The molecule has 148 valence electrons. The monoisotopic (exact) mass is 463 g/mol. The molecule has 2 rings (SSSR count). The van der Waals surface area contributed by atoms with Crippen molar-refractivity contribution in [2.75, 3.05) is 17.7 Å². The first-order valence-corrected chi connectivity index (χ1v) is 10.0. The Balaban J connectivity index is 2.36. The van der Waals surface area contributed by atoms with Crippen LogP contribution in [0.4, 0.5) is 21.8 Å². The molecule has 0 unspecified atom stereocenters. The zero-order chi connectivity index (χ0) is 20.4. The van der Waals surface area contributed by atoms with Crippen molar-refractivity contribution < 1.29 is 22.7 Å². The molecule has 0 bridgehead atoms. The number of primary sulfonamides is 1. The summed E-state index contributed by atoms with van der Waals surface area (Å²) in [7, 11) is -3.10. The Hall–Kier alpha value is -2.02. The number of nitrogens with zero attached hydrogens (tertiary/aromatic N) is 2. The Bertz CT molecular complexity index is 942. The Labute approximate surface area is 164 Å². The van der Waals surface area contributed by atoms with Gasteiger partial charge in [0.1, 0.15) is 17.4 Å². The maximum atomic E-state index is 14.2. The first-order valence-electron chi connectivity index (χ1n) is 7.67. The highest BCUT2D eigenvalue weighted by Gasteiger charge is 2.22. The van der Waals surface area contributed by atoms with Gasteiger partial charge in [-0.05, 0) is 35.8 Å². The van der Waals surface area contributed by atoms with E-state index >= 15 is 0 Å². The van der Waals surface area contributed by atoms with E-state index in [1.54, 1.807) is 13.8 Å². The molecule has 12 heteroatoms. The fourth-order valence-corrected chi connectivity index (χ4v) is 3.12. The number of nitrogens with two attached hydrogens (primary N) is 1. The fraction of sp³-hybridized carbons (Fsp3) is 0.333. The van der Waals surface area contributed by atoms with Gasteiger partial charge in [-0.15, -0.1) is 0 Å². The summed E-state index contributed by atoms with van der Waals surface area (Å²) in [4.78, 5) is 7.58. The topological polar surface area (TPSA) is 139 Å². The average molecular weight is 464 g/mol. The number of hydrogen-bond donors (Lipinski definition) is 4. The van der Waals surface area contributed by atoms with Gasteiger partial charge in [0.05, 0.1) is 23.7 Å². The van der Waals surface area contributed by atoms with Crippen LogP contribution in [0.15, 0.2) is 27.7 Å². The molecular weight excluding hydrogens is 445 g/mol. The summed E-state index contributed by atoms with van der Waals surface area (Å²) in [6.07, 6.45) is 0.853. The van der Waals surface area contributed by atoms with E-state index < -0.39 is 26.8 Å². The lowest BCUT2D eigenvalue weighted by Gasteiger charge is -2.18. The summed E-state index contributed by atoms with van der Waals surface area (Å²) in [6, 6.07) is 1.93. The van der Waals surface area contributed by atoms with Crippen LogP contribution in [0.2, 0.25) is 0 Å². The van der Waals surface area contributed by atoms with Crippen molar-refractivity contribution in [2.45, 2.75) is 30.9 Å². The fourth-order valence-electron chi connectivity index (χ4n) is 2.06. The van der Waals surface area contributed by atoms with Gasteiger partial charge in [0, 0.05) is 18.0 Å². The van der Waals surface area contributed by atoms with Crippen molar-refractivity contribution in [3.05, 3.63) is 28.6 Å². The Morgan fingerprint density at radius 1 is 1.37 bits per heavy atom. The molecule has 0 radical (unpaired) electrons. The predicted octanol–water partition coefficient (Wildman–Crippen LogP) is 1.96. The summed E-state index contributed by atoms with van der Waals surface area (Å²) < 4.78 is 42.8. The standard InChI is InChI=1S/C15H19BrFN5O4S/c1-7(8(2)23)20-14-10(16)6-19-15(22-14)21-9-4-11(17)13(27(18,24)25)12(5-9)26-3/h4-8,23H,1-3H3,(H2,18,24,25)(H2,19,20,21,22)/t7-,8-/m1/s1. The molecular formula is C15H19BrFN5O4S. The normalized spacial score (nSPS) is 13.7. The van der Waals surface area contributed by atoms with Crippen molar-refractivity contribution >= 4 is 43.4 Å². The van der Waals surface area contributed by atoms with Crippen molar-refractivity contribution in [3.8, 4) is 5.75 Å². The number of anilines is 3. The number of rotatable bonds is 7. The van der Waals surface area contributed by atoms with E-state index in [-0.39, 0.29) is 23.4 Å². The smallest absolute Gasteiger partial charge is 0.244 e. The van der Waals surface area contributed by atoms with Crippen LogP contribution in [0.5, 0.6) is 5.75 Å². The van der Waals surface area contributed by atoms with E-state index in [4.69, 9.17) is 9.88 Å². The Morgan fingerprint density at radius 3 is 2.59 bits per heavy atom. The third kappa shape index (κ3) is 5.25. The largest absolute Gasteiger partial charge is 0.495 e. The molecule has 0 saturated carbocycles. The Kier molecular flexibility index (Phi) is 6.57. The molecule has 2 aromatic rings. The van der Waals surface area contributed by atoms with Gasteiger partial charge in [-0.25, -0.2) is 22.9 Å². The van der Waals surface area contributed by atoms with Gasteiger partial charge in [-0.2, -0.15) is 4.98 Å². The number of aromatic nitrogens is 2. The number of methoxy groups -OCH3 is 1. The van der Waals surface area contributed by atoms with E-state index in [9.17, 15) is 17.9 Å². The van der Waals surface area contributed by atoms with Gasteiger partial charge in [0.25, 0.3) is 0 Å². The molecule has 0 aliphatic heterocycles. The molecule has 27 heavy (non-hydrogen) atoms. The lowest BCUT2D eigenvalue weighted by molar-refractivity contribution is 0.177. The van der Waals surface area contributed by atoms with E-state index in [0.717, 1.165) is 6.07 Å². The van der Waals surface area contributed by atoms with Gasteiger partial charge < -0.3 is 20.5 Å². The maximum Gasteiger partial charge on any atom is 0.244 e. The van der Waals surface area contributed by atoms with E-state index in [1.165, 1.54) is 19.4 Å². The zero-order valence-electron chi connectivity index (χ0n) is 14.7. The molecule has 1 aromatic heterocycles. The van der Waals surface area contributed by atoms with Crippen molar-refractivity contribution in [1.29, 1.82) is 0 Å². The third-order valence-corrected chi connectivity index (χ3v) is 5.15. The minimum absolute atomic E-state index is 0.114. The molecule has 0 amide bonds. The van der Waals surface area contributed by atoms with E-state index in [0.29, 0.717) is 10.3 Å².